The second kappa shape index (κ2) is 4.30. The fourth-order valence-electron chi connectivity index (χ4n) is 1.86. The first-order valence-electron chi connectivity index (χ1n) is 5.26. The van der Waals surface area contributed by atoms with Gasteiger partial charge in [0.05, 0.1) is 0 Å². The third-order valence-corrected chi connectivity index (χ3v) is 2.78. The molecule has 0 aliphatic heterocycles. The SMILES string of the molecule is C=CCNC(=O)[C@H]1C[C@@H]1c1ccccc1. The zero-order chi connectivity index (χ0) is 10.7. The van der Waals surface area contributed by atoms with Gasteiger partial charge in [0.15, 0.2) is 0 Å². The first kappa shape index (κ1) is 9.97. The first-order chi connectivity index (χ1) is 7.33. The molecule has 0 saturated heterocycles. The normalized spacial score (nSPS) is 23.2. The van der Waals surface area contributed by atoms with Crippen molar-refractivity contribution in [3.05, 3.63) is 48.6 Å². The predicted octanol–water partition coefficient (Wildman–Crippen LogP) is 2.09. The maximum Gasteiger partial charge on any atom is 0.223 e. The number of hydrogen-bond acceptors (Lipinski definition) is 1. The molecule has 1 aliphatic carbocycles. The Morgan fingerprint density at radius 1 is 1.47 bits per heavy atom. The number of rotatable bonds is 4. The van der Waals surface area contributed by atoms with Crippen LogP contribution in [0.1, 0.15) is 17.9 Å². The monoisotopic (exact) mass is 201 g/mol. The van der Waals surface area contributed by atoms with Crippen molar-refractivity contribution in [2.24, 2.45) is 5.92 Å². The lowest BCUT2D eigenvalue weighted by atomic mass is 10.1. The van der Waals surface area contributed by atoms with Crippen molar-refractivity contribution in [2.45, 2.75) is 12.3 Å². The summed E-state index contributed by atoms with van der Waals surface area (Å²) in [7, 11) is 0. The average Bonchev–Trinajstić information content (AvgIpc) is 3.07. The van der Waals surface area contributed by atoms with Crippen LogP contribution < -0.4 is 5.32 Å². The van der Waals surface area contributed by atoms with Crippen LogP contribution in [0.15, 0.2) is 43.0 Å². The Kier molecular flexibility index (Phi) is 2.86. The summed E-state index contributed by atoms with van der Waals surface area (Å²) in [5.74, 6) is 0.757. The second-order valence-electron chi connectivity index (χ2n) is 3.89. The van der Waals surface area contributed by atoms with Gasteiger partial charge in [-0.1, -0.05) is 36.4 Å². The van der Waals surface area contributed by atoms with Crippen LogP contribution in [0.3, 0.4) is 0 Å². The summed E-state index contributed by atoms with van der Waals surface area (Å²) in [6.45, 7) is 4.14. The van der Waals surface area contributed by atoms with Crippen LogP contribution in [0, 0.1) is 5.92 Å². The molecule has 0 radical (unpaired) electrons. The number of benzene rings is 1. The number of hydrogen-bond donors (Lipinski definition) is 1. The largest absolute Gasteiger partial charge is 0.352 e. The lowest BCUT2D eigenvalue weighted by Crippen LogP contribution is -2.25. The summed E-state index contributed by atoms with van der Waals surface area (Å²) in [4.78, 5) is 11.6. The molecule has 1 aromatic rings. The molecule has 78 valence electrons. The van der Waals surface area contributed by atoms with Gasteiger partial charge in [0.2, 0.25) is 5.91 Å². The highest BCUT2D eigenvalue weighted by atomic mass is 16.2. The molecule has 0 heterocycles. The van der Waals surface area contributed by atoms with Gasteiger partial charge >= 0.3 is 0 Å². The molecule has 1 aliphatic rings. The van der Waals surface area contributed by atoms with E-state index in [4.69, 9.17) is 0 Å². The first-order valence-corrected chi connectivity index (χ1v) is 5.26. The maximum atomic E-state index is 11.6. The quantitative estimate of drug-likeness (QED) is 0.742. The average molecular weight is 201 g/mol. The van der Waals surface area contributed by atoms with Crippen molar-refractivity contribution in [1.82, 2.24) is 5.32 Å². The lowest BCUT2D eigenvalue weighted by Gasteiger charge is -2.01. The van der Waals surface area contributed by atoms with Gasteiger partial charge in [-0.15, -0.1) is 6.58 Å². The van der Waals surface area contributed by atoms with E-state index >= 15 is 0 Å². The topological polar surface area (TPSA) is 29.1 Å². The predicted molar refractivity (Wildman–Crippen MR) is 60.5 cm³/mol. The van der Waals surface area contributed by atoms with Gasteiger partial charge in [-0.05, 0) is 17.9 Å². The van der Waals surface area contributed by atoms with Gasteiger partial charge in [0, 0.05) is 12.5 Å². The fraction of sp³-hybridized carbons (Fsp3) is 0.308. The summed E-state index contributed by atoms with van der Waals surface area (Å²) in [6.07, 6.45) is 2.69. The Hall–Kier alpha value is -1.57. The van der Waals surface area contributed by atoms with Gasteiger partial charge in [-0.25, -0.2) is 0 Å². The Morgan fingerprint density at radius 3 is 2.87 bits per heavy atom. The molecule has 2 heteroatoms. The molecule has 1 aromatic carbocycles. The number of amides is 1. The van der Waals surface area contributed by atoms with Gasteiger partial charge in [0.1, 0.15) is 0 Å². The smallest absolute Gasteiger partial charge is 0.223 e. The van der Waals surface area contributed by atoms with E-state index in [0.717, 1.165) is 6.42 Å². The van der Waals surface area contributed by atoms with E-state index < -0.39 is 0 Å². The third kappa shape index (κ3) is 2.27. The van der Waals surface area contributed by atoms with Crippen LogP contribution in [0.25, 0.3) is 0 Å². The van der Waals surface area contributed by atoms with Crippen LogP contribution in [-0.4, -0.2) is 12.5 Å². The Balaban J connectivity index is 1.91. The molecule has 0 spiro atoms. The van der Waals surface area contributed by atoms with Crippen molar-refractivity contribution in [2.75, 3.05) is 6.54 Å². The molecule has 1 saturated carbocycles. The molecule has 1 amide bonds. The molecule has 2 rings (SSSR count). The highest BCUT2D eigenvalue weighted by Gasteiger charge is 2.43. The molecular weight excluding hydrogens is 186 g/mol. The highest BCUT2D eigenvalue weighted by Crippen LogP contribution is 2.47. The van der Waals surface area contributed by atoms with Crippen molar-refractivity contribution in [3.8, 4) is 0 Å². The van der Waals surface area contributed by atoms with E-state index in [1.807, 2.05) is 18.2 Å². The summed E-state index contributed by atoms with van der Waals surface area (Å²) in [6, 6.07) is 10.2. The highest BCUT2D eigenvalue weighted by molar-refractivity contribution is 5.82. The molecule has 2 atom stereocenters. The van der Waals surface area contributed by atoms with Crippen molar-refractivity contribution in [1.29, 1.82) is 0 Å². The second-order valence-corrected chi connectivity index (χ2v) is 3.89. The Morgan fingerprint density at radius 2 is 2.20 bits per heavy atom. The van der Waals surface area contributed by atoms with E-state index in [1.165, 1.54) is 5.56 Å². The number of carbonyl (C=O) groups is 1. The zero-order valence-electron chi connectivity index (χ0n) is 8.65. The van der Waals surface area contributed by atoms with E-state index in [1.54, 1.807) is 6.08 Å². The van der Waals surface area contributed by atoms with E-state index in [0.29, 0.717) is 12.5 Å². The Bertz CT molecular complexity index is 358. The summed E-state index contributed by atoms with van der Waals surface area (Å²) < 4.78 is 0. The zero-order valence-corrected chi connectivity index (χ0v) is 8.65. The number of carbonyl (C=O) groups excluding carboxylic acids is 1. The van der Waals surface area contributed by atoms with Crippen molar-refractivity contribution >= 4 is 5.91 Å². The molecule has 0 unspecified atom stereocenters. The van der Waals surface area contributed by atoms with Crippen molar-refractivity contribution < 1.29 is 4.79 Å². The molecule has 0 bridgehead atoms. The maximum absolute atomic E-state index is 11.6. The molecular formula is C13H15NO. The van der Waals surface area contributed by atoms with E-state index in [-0.39, 0.29) is 11.8 Å². The Labute approximate surface area is 90.0 Å². The molecule has 1 fully saturated rings. The molecule has 0 aromatic heterocycles. The van der Waals surface area contributed by atoms with Crippen LogP contribution in [0.4, 0.5) is 0 Å². The minimum absolute atomic E-state index is 0.156. The summed E-state index contributed by atoms with van der Waals surface area (Å²) in [5.41, 5.74) is 1.27. The standard InChI is InChI=1S/C13H15NO/c1-2-8-14-13(15)12-9-11(12)10-6-4-3-5-7-10/h2-7,11-12H,1,8-9H2,(H,14,15)/t11-,12+/m1/s1. The van der Waals surface area contributed by atoms with Gasteiger partial charge in [-0.2, -0.15) is 0 Å². The number of nitrogens with one attached hydrogen (secondary N) is 1. The third-order valence-electron chi connectivity index (χ3n) is 2.78. The van der Waals surface area contributed by atoms with Crippen LogP contribution >= 0.6 is 0 Å². The molecule has 15 heavy (non-hydrogen) atoms. The van der Waals surface area contributed by atoms with E-state index in [9.17, 15) is 4.79 Å². The van der Waals surface area contributed by atoms with Crippen LogP contribution in [0.5, 0.6) is 0 Å². The summed E-state index contributed by atoms with van der Waals surface area (Å²) >= 11 is 0. The van der Waals surface area contributed by atoms with Gasteiger partial charge in [0.25, 0.3) is 0 Å². The molecule has 2 nitrogen and oxygen atoms in total. The molecule has 1 N–H and O–H groups in total. The van der Waals surface area contributed by atoms with Gasteiger partial charge < -0.3 is 5.32 Å². The minimum Gasteiger partial charge on any atom is -0.352 e. The fourth-order valence-corrected chi connectivity index (χ4v) is 1.86. The van der Waals surface area contributed by atoms with Crippen molar-refractivity contribution in [3.63, 3.8) is 0 Å². The van der Waals surface area contributed by atoms with Crippen LogP contribution in [0.2, 0.25) is 0 Å². The van der Waals surface area contributed by atoms with Gasteiger partial charge in [-0.3, -0.25) is 4.79 Å². The summed E-state index contributed by atoms with van der Waals surface area (Å²) in [5, 5.41) is 2.84. The minimum atomic E-state index is 0.156. The van der Waals surface area contributed by atoms with E-state index in [2.05, 4.69) is 24.0 Å². The lowest BCUT2D eigenvalue weighted by molar-refractivity contribution is -0.122. The van der Waals surface area contributed by atoms with Crippen LogP contribution in [-0.2, 0) is 4.79 Å².